The van der Waals surface area contributed by atoms with E-state index in [4.69, 9.17) is 4.74 Å². The highest BCUT2D eigenvalue weighted by atomic mass is 32.2. The third kappa shape index (κ3) is 2.90. The molecule has 3 rings (SSSR count). The van der Waals surface area contributed by atoms with E-state index in [1.54, 1.807) is 0 Å². The van der Waals surface area contributed by atoms with Gasteiger partial charge in [0.15, 0.2) is 0 Å². The fraction of sp³-hybridized carbons (Fsp3) is 0.600. The van der Waals surface area contributed by atoms with E-state index in [2.05, 4.69) is 0 Å². The minimum absolute atomic E-state index is 0.0492. The van der Waals surface area contributed by atoms with Crippen LogP contribution in [0, 0.1) is 11.7 Å². The molecule has 1 heterocycles. The second-order valence-corrected chi connectivity index (χ2v) is 7.77. The zero-order valence-corrected chi connectivity index (χ0v) is 13.0. The summed E-state index contributed by atoms with van der Waals surface area (Å²) in [4.78, 5) is -0.0492. The van der Waals surface area contributed by atoms with Gasteiger partial charge in [-0.3, -0.25) is 0 Å². The summed E-state index contributed by atoms with van der Waals surface area (Å²) in [7, 11) is -3.79. The first kappa shape index (κ1) is 15.9. The van der Waals surface area contributed by atoms with Crippen molar-refractivity contribution in [3.63, 3.8) is 0 Å². The molecule has 1 saturated heterocycles. The van der Waals surface area contributed by atoms with Crippen LogP contribution in [0.5, 0.6) is 0 Å². The lowest BCUT2D eigenvalue weighted by atomic mass is 9.96. The molecule has 1 N–H and O–H groups in total. The third-order valence-corrected chi connectivity index (χ3v) is 6.46. The summed E-state index contributed by atoms with van der Waals surface area (Å²) in [5, 5.41) is 10.1. The molecule has 1 aliphatic carbocycles. The Kier molecular flexibility index (Phi) is 4.49. The van der Waals surface area contributed by atoms with E-state index in [0.717, 1.165) is 18.9 Å². The summed E-state index contributed by atoms with van der Waals surface area (Å²) in [6.45, 7) is 0.816. The molecule has 0 aromatic heterocycles. The predicted octanol–water partition coefficient (Wildman–Crippen LogP) is 1.38. The van der Waals surface area contributed by atoms with E-state index in [9.17, 15) is 17.9 Å². The summed E-state index contributed by atoms with van der Waals surface area (Å²) in [6.07, 6.45) is 1.85. The fourth-order valence-electron chi connectivity index (χ4n) is 3.42. The van der Waals surface area contributed by atoms with Crippen LogP contribution >= 0.6 is 0 Å². The first-order valence-electron chi connectivity index (χ1n) is 7.53. The fourth-order valence-corrected chi connectivity index (χ4v) is 5.10. The number of morpholine rings is 1. The van der Waals surface area contributed by atoms with Crippen molar-refractivity contribution in [2.75, 3.05) is 19.8 Å². The second-order valence-electron chi connectivity index (χ2n) is 5.88. The molecular formula is C15H20FNO4S. The number of ether oxygens (including phenoxy) is 1. The molecule has 1 aromatic carbocycles. The van der Waals surface area contributed by atoms with Crippen molar-refractivity contribution >= 4 is 10.0 Å². The Bertz CT molecular complexity index is 636. The van der Waals surface area contributed by atoms with E-state index >= 15 is 0 Å². The quantitative estimate of drug-likeness (QED) is 0.910. The molecule has 0 unspecified atom stereocenters. The number of aliphatic hydroxyl groups excluding tert-OH is 1. The van der Waals surface area contributed by atoms with Crippen LogP contribution < -0.4 is 0 Å². The van der Waals surface area contributed by atoms with Crippen LogP contribution in [0.15, 0.2) is 29.2 Å². The molecule has 2 aliphatic rings. The first-order chi connectivity index (χ1) is 10.5. The number of nitrogens with zero attached hydrogens (tertiary/aromatic N) is 1. The van der Waals surface area contributed by atoms with E-state index in [1.165, 1.54) is 22.5 Å². The number of sulfonamides is 1. The molecule has 0 bridgehead atoms. The van der Waals surface area contributed by atoms with Gasteiger partial charge in [0.1, 0.15) is 5.82 Å². The van der Waals surface area contributed by atoms with Crippen molar-refractivity contribution in [1.29, 1.82) is 0 Å². The summed E-state index contributed by atoms with van der Waals surface area (Å²) < 4.78 is 45.9. The number of halogens is 1. The Morgan fingerprint density at radius 3 is 2.82 bits per heavy atom. The molecule has 2 fully saturated rings. The van der Waals surface area contributed by atoms with Gasteiger partial charge in [0.25, 0.3) is 0 Å². The minimum atomic E-state index is -3.79. The number of aliphatic hydroxyl groups is 1. The van der Waals surface area contributed by atoms with E-state index in [1.807, 2.05) is 0 Å². The maximum absolute atomic E-state index is 13.4. The van der Waals surface area contributed by atoms with Gasteiger partial charge in [-0.25, -0.2) is 12.8 Å². The highest BCUT2D eigenvalue weighted by Crippen LogP contribution is 2.34. The standard InChI is InChI=1S/C15H20FNO4S/c16-11-3-1-4-12(9-11)22(19,20)17-7-8-21-10-14(17)13-5-2-6-15(13)18/h1,3-4,9,13-15,18H,2,5-8,10H2/t13-,14-,15-/m1/s1. The highest BCUT2D eigenvalue weighted by molar-refractivity contribution is 7.89. The van der Waals surface area contributed by atoms with Crippen molar-refractivity contribution in [1.82, 2.24) is 4.31 Å². The first-order valence-corrected chi connectivity index (χ1v) is 8.97. The van der Waals surface area contributed by atoms with Crippen molar-refractivity contribution < 1.29 is 22.7 Å². The SMILES string of the molecule is O=S(=O)(c1cccc(F)c1)N1CCOC[C@@H]1[C@H]1CCC[C@H]1O. The average Bonchev–Trinajstić information content (AvgIpc) is 2.93. The number of rotatable bonds is 3. The van der Waals surface area contributed by atoms with E-state index in [0.29, 0.717) is 13.0 Å². The Hall–Kier alpha value is -1.02. The molecule has 5 nitrogen and oxygen atoms in total. The molecule has 1 saturated carbocycles. The van der Waals surface area contributed by atoms with Crippen molar-refractivity contribution in [2.45, 2.75) is 36.3 Å². The Morgan fingerprint density at radius 1 is 1.32 bits per heavy atom. The van der Waals surface area contributed by atoms with Gasteiger partial charge in [-0.05, 0) is 31.0 Å². The minimum Gasteiger partial charge on any atom is -0.393 e. The van der Waals surface area contributed by atoms with Crippen LogP contribution in [0.1, 0.15) is 19.3 Å². The van der Waals surface area contributed by atoms with Gasteiger partial charge in [-0.15, -0.1) is 0 Å². The lowest BCUT2D eigenvalue weighted by molar-refractivity contribution is -0.0148. The van der Waals surface area contributed by atoms with Crippen LogP contribution in [0.4, 0.5) is 4.39 Å². The van der Waals surface area contributed by atoms with Gasteiger partial charge in [0.05, 0.1) is 30.3 Å². The van der Waals surface area contributed by atoms with Gasteiger partial charge in [0.2, 0.25) is 10.0 Å². The largest absolute Gasteiger partial charge is 0.393 e. The number of hydrogen-bond acceptors (Lipinski definition) is 4. The summed E-state index contributed by atoms with van der Waals surface area (Å²) in [6, 6.07) is 4.65. The van der Waals surface area contributed by atoms with Crippen molar-refractivity contribution in [3.05, 3.63) is 30.1 Å². The third-order valence-electron chi connectivity index (χ3n) is 4.54. The van der Waals surface area contributed by atoms with Crippen molar-refractivity contribution in [2.24, 2.45) is 5.92 Å². The number of benzene rings is 1. The normalized spacial score (nSPS) is 30.5. The molecular weight excluding hydrogens is 309 g/mol. The molecule has 22 heavy (non-hydrogen) atoms. The van der Waals surface area contributed by atoms with Crippen LogP contribution in [0.25, 0.3) is 0 Å². The second kappa shape index (κ2) is 6.23. The maximum atomic E-state index is 13.4. The van der Waals surface area contributed by atoms with Gasteiger partial charge < -0.3 is 9.84 Å². The molecule has 122 valence electrons. The lowest BCUT2D eigenvalue weighted by Gasteiger charge is -2.39. The van der Waals surface area contributed by atoms with Gasteiger partial charge in [-0.2, -0.15) is 4.31 Å². The topological polar surface area (TPSA) is 66.8 Å². The summed E-state index contributed by atoms with van der Waals surface area (Å²) in [5.41, 5.74) is 0. The molecule has 3 atom stereocenters. The highest BCUT2D eigenvalue weighted by Gasteiger charge is 2.42. The maximum Gasteiger partial charge on any atom is 0.243 e. The Labute approximate surface area is 129 Å². The van der Waals surface area contributed by atoms with Gasteiger partial charge in [0, 0.05) is 12.5 Å². The Morgan fingerprint density at radius 2 is 2.14 bits per heavy atom. The van der Waals surface area contributed by atoms with Gasteiger partial charge >= 0.3 is 0 Å². The van der Waals surface area contributed by atoms with Crippen LogP contribution in [0.3, 0.4) is 0 Å². The zero-order chi connectivity index (χ0) is 15.7. The van der Waals surface area contributed by atoms with E-state index < -0.39 is 21.9 Å². The van der Waals surface area contributed by atoms with Crippen LogP contribution in [-0.2, 0) is 14.8 Å². The average molecular weight is 329 g/mol. The van der Waals surface area contributed by atoms with E-state index in [-0.39, 0.29) is 30.0 Å². The van der Waals surface area contributed by atoms with Crippen LogP contribution in [0.2, 0.25) is 0 Å². The lowest BCUT2D eigenvalue weighted by Crippen LogP contribution is -2.53. The smallest absolute Gasteiger partial charge is 0.243 e. The summed E-state index contributed by atoms with van der Waals surface area (Å²) in [5.74, 6) is -0.699. The molecule has 0 spiro atoms. The van der Waals surface area contributed by atoms with Gasteiger partial charge in [-0.1, -0.05) is 12.5 Å². The van der Waals surface area contributed by atoms with Crippen molar-refractivity contribution in [3.8, 4) is 0 Å². The Balaban J connectivity index is 1.92. The zero-order valence-electron chi connectivity index (χ0n) is 12.2. The molecule has 7 heteroatoms. The molecule has 1 aromatic rings. The van der Waals surface area contributed by atoms with Crippen LogP contribution in [-0.4, -0.2) is 49.7 Å². The molecule has 0 amide bonds. The molecule has 1 aliphatic heterocycles. The monoisotopic (exact) mass is 329 g/mol. The molecule has 0 radical (unpaired) electrons. The summed E-state index contributed by atoms with van der Waals surface area (Å²) >= 11 is 0. The predicted molar refractivity (Wildman–Crippen MR) is 78.2 cm³/mol. The number of hydrogen-bond donors (Lipinski definition) is 1.